The number of rotatable bonds is 10. The number of pyridine rings is 1. The molecule has 3 nitrogen and oxygen atoms in total. The number of benzene rings is 3. The first-order valence-corrected chi connectivity index (χ1v) is 11.7. The molecular formula is C30H26F3NO2. The van der Waals surface area contributed by atoms with Crippen molar-refractivity contribution in [3.05, 3.63) is 114 Å². The molecule has 0 aliphatic carbocycles. The van der Waals surface area contributed by atoms with Crippen molar-refractivity contribution in [3.63, 3.8) is 0 Å². The van der Waals surface area contributed by atoms with Crippen LogP contribution >= 0.6 is 0 Å². The van der Waals surface area contributed by atoms with Crippen LogP contribution in [-0.2, 0) is 12.8 Å². The van der Waals surface area contributed by atoms with Crippen molar-refractivity contribution >= 4 is 0 Å². The molecule has 0 unspecified atom stereocenters. The van der Waals surface area contributed by atoms with E-state index in [4.69, 9.17) is 9.47 Å². The van der Waals surface area contributed by atoms with Crippen LogP contribution in [-0.4, -0.2) is 18.2 Å². The van der Waals surface area contributed by atoms with Gasteiger partial charge in [-0.1, -0.05) is 55.1 Å². The van der Waals surface area contributed by atoms with Gasteiger partial charge in [0.05, 0.1) is 6.61 Å². The summed E-state index contributed by atoms with van der Waals surface area (Å²) in [6.45, 7) is 6.11. The minimum absolute atomic E-state index is 0.157. The van der Waals surface area contributed by atoms with Gasteiger partial charge in [0.25, 0.3) is 0 Å². The molecule has 0 bridgehead atoms. The minimum Gasteiger partial charge on any atom is -0.486 e. The van der Waals surface area contributed by atoms with Crippen LogP contribution in [0.25, 0.3) is 22.3 Å². The molecule has 0 amide bonds. The molecule has 0 fully saturated rings. The largest absolute Gasteiger partial charge is 0.486 e. The van der Waals surface area contributed by atoms with Crippen molar-refractivity contribution in [1.29, 1.82) is 0 Å². The minimum atomic E-state index is -0.892. The van der Waals surface area contributed by atoms with E-state index >= 15 is 0 Å². The van der Waals surface area contributed by atoms with Crippen molar-refractivity contribution in [3.8, 4) is 33.9 Å². The van der Waals surface area contributed by atoms with E-state index in [1.165, 1.54) is 12.3 Å². The lowest BCUT2D eigenvalue weighted by atomic mass is 9.98. The number of ether oxygens (including phenoxy) is 2. The topological polar surface area (TPSA) is 31.4 Å². The van der Waals surface area contributed by atoms with E-state index < -0.39 is 17.5 Å². The Morgan fingerprint density at radius 3 is 2.22 bits per heavy atom. The maximum Gasteiger partial charge on any atom is 0.213 e. The van der Waals surface area contributed by atoms with E-state index in [0.29, 0.717) is 36.5 Å². The lowest BCUT2D eigenvalue weighted by molar-refractivity contribution is 0.327. The van der Waals surface area contributed by atoms with Crippen molar-refractivity contribution < 1.29 is 22.6 Å². The molecule has 1 heterocycles. The van der Waals surface area contributed by atoms with E-state index in [9.17, 15) is 13.2 Å². The molecule has 0 saturated carbocycles. The van der Waals surface area contributed by atoms with Gasteiger partial charge in [-0.25, -0.2) is 18.2 Å². The third-order valence-corrected chi connectivity index (χ3v) is 5.76. The Balaban J connectivity index is 1.43. The summed E-state index contributed by atoms with van der Waals surface area (Å²) in [4.78, 5) is 4.12. The van der Waals surface area contributed by atoms with E-state index in [1.54, 1.807) is 42.5 Å². The highest BCUT2D eigenvalue weighted by Crippen LogP contribution is 2.29. The van der Waals surface area contributed by atoms with Crippen LogP contribution in [0.1, 0.15) is 18.1 Å². The molecule has 4 rings (SSSR count). The summed E-state index contributed by atoms with van der Waals surface area (Å²) in [5.41, 5.74) is 3.47. The average Bonchev–Trinajstić information content (AvgIpc) is 2.90. The van der Waals surface area contributed by atoms with Gasteiger partial charge < -0.3 is 9.47 Å². The van der Waals surface area contributed by atoms with Crippen molar-refractivity contribution in [2.24, 2.45) is 0 Å². The molecule has 0 aliphatic rings. The highest BCUT2D eigenvalue weighted by atomic mass is 19.2. The number of hydrogen-bond acceptors (Lipinski definition) is 3. The molecular weight excluding hydrogens is 463 g/mol. The number of aryl methyl sites for hydroxylation is 2. The summed E-state index contributed by atoms with van der Waals surface area (Å²) in [5, 5.41) is 0. The maximum atomic E-state index is 14.8. The van der Waals surface area contributed by atoms with Crippen LogP contribution in [0, 0.1) is 17.5 Å². The summed E-state index contributed by atoms with van der Waals surface area (Å²) in [6, 6.07) is 18.9. The lowest BCUT2D eigenvalue weighted by Gasteiger charge is -2.10. The zero-order valence-corrected chi connectivity index (χ0v) is 19.9. The first kappa shape index (κ1) is 25.0. The SMILES string of the molecule is C=CCOc1ccc(-c2ccc(CCc3ccc(-c4ccc(OCC)nc4)c(F)c3F)cc2)cc1F. The van der Waals surface area contributed by atoms with Crippen molar-refractivity contribution in [2.75, 3.05) is 13.2 Å². The number of nitrogens with zero attached hydrogens (tertiary/aromatic N) is 1. The van der Waals surface area contributed by atoms with Gasteiger partial charge in [-0.15, -0.1) is 0 Å². The predicted molar refractivity (Wildman–Crippen MR) is 136 cm³/mol. The fourth-order valence-corrected chi connectivity index (χ4v) is 3.87. The monoisotopic (exact) mass is 489 g/mol. The summed E-state index contributed by atoms with van der Waals surface area (Å²) in [5.74, 6) is -1.58. The van der Waals surface area contributed by atoms with Crippen LogP contribution in [0.15, 0.2) is 85.6 Å². The Morgan fingerprint density at radius 2 is 1.56 bits per heavy atom. The third kappa shape index (κ3) is 5.77. The summed E-state index contributed by atoms with van der Waals surface area (Å²) < 4.78 is 54.5. The van der Waals surface area contributed by atoms with Gasteiger partial charge in [-0.05, 0) is 60.2 Å². The Bertz CT molecular complexity index is 1340. The van der Waals surface area contributed by atoms with Crippen LogP contribution in [0.3, 0.4) is 0 Å². The highest BCUT2D eigenvalue weighted by molar-refractivity contribution is 5.65. The summed E-state index contributed by atoms with van der Waals surface area (Å²) >= 11 is 0. The van der Waals surface area contributed by atoms with E-state index in [-0.39, 0.29) is 17.9 Å². The van der Waals surface area contributed by atoms with E-state index in [1.807, 2.05) is 31.2 Å². The molecule has 0 N–H and O–H groups in total. The Labute approximate surface area is 208 Å². The highest BCUT2D eigenvalue weighted by Gasteiger charge is 2.15. The molecule has 0 radical (unpaired) electrons. The zero-order chi connectivity index (χ0) is 25.5. The number of hydrogen-bond donors (Lipinski definition) is 0. The summed E-state index contributed by atoms with van der Waals surface area (Å²) in [6.07, 6.45) is 3.90. The van der Waals surface area contributed by atoms with Gasteiger partial charge in [-0.3, -0.25) is 0 Å². The zero-order valence-electron chi connectivity index (χ0n) is 19.9. The molecule has 0 saturated heterocycles. The maximum absolute atomic E-state index is 14.8. The fraction of sp³-hybridized carbons (Fsp3) is 0.167. The van der Waals surface area contributed by atoms with Crippen molar-refractivity contribution in [1.82, 2.24) is 4.98 Å². The van der Waals surface area contributed by atoms with E-state index in [2.05, 4.69) is 11.6 Å². The van der Waals surface area contributed by atoms with Gasteiger partial charge in [0, 0.05) is 23.4 Å². The van der Waals surface area contributed by atoms with E-state index in [0.717, 1.165) is 16.7 Å². The molecule has 6 heteroatoms. The smallest absolute Gasteiger partial charge is 0.213 e. The Hall–Kier alpha value is -4.06. The fourth-order valence-electron chi connectivity index (χ4n) is 3.87. The number of aromatic nitrogens is 1. The Kier molecular flexibility index (Phi) is 8.06. The van der Waals surface area contributed by atoms with Crippen LogP contribution < -0.4 is 9.47 Å². The average molecular weight is 490 g/mol. The van der Waals surface area contributed by atoms with Crippen LogP contribution in [0.2, 0.25) is 0 Å². The van der Waals surface area contributed by atoms with Gasteiger partial charge in [-0.2, -0.15) is 0 Å². The molecule has 0 aliphatic heterocycles. The van der Waals surface area contributed by atoms with Gasteiger partial charge in [0.1, 0.15) is 6.61 Å². The molecule has 4 aromatic rings. The van der Waals surface area contributed by atoms with Gasteiger partial charge in [0.15, 0.2) is 23.2 Å². The molecule has 0 atom stereocenters. The standard InChI is InChI=1S/C30H26F3NO2/c1-3-17-36-27-15-12-23(18-26(27)31)21-8-5-20(6-9-21)7-10-22-11-14-25(30(33)29(22)32)24-13-16-28(34-19-24)35-4-2/h3,5-6,8-9,11-16,18-19H,1,4,7,10,17H2,2H3. The first-order valence-electron chi connectivity index (χ1n) is 11.7. The molecule has 1 aromatic heterocycles. The molecule has 0 spiro atoms. The number of halogens is 3. The predicted octanol–water partition coefficient (Wildman–Crippen LogP) is 7.58. The third-order valence-electron chi connectivity index (χ3n) is 5.76. The van der Waals surface area contributed by atoms with Gasteiger partial charge >= 0.3 is 0 Å². The summed E-state index contributed by atoms with van der Waals surface area (Å²) in [7, 11) is 0. The molecule has 3 aromatic carbocycles. The quantitative estimate of drug-likeness (QED) is 0.215. The lowest BCUT2D eigenvalue weighted by Crippen LogP contribution is -2.00. The van der Waals surface area contributed by atoms with Crippen LogP contribution in [0.4, 0.5) is 13.2 Å². The second kappa shape index (κ2) is 11.6. The second-order valence-electron chi connectivity index (χ2n) is 8.16. The van der Waals surface area contributed by atoms with Crippen molar-refractivity contribution in [2.45, 2.75) is 19.8 Å². The first-order chi connectivity index (χ1) is 17.5. The van der Waals surface area contributed by atoms with Crippen LogP contribution in [0.5, 0.6) is 11.6 Å². The normalized spacial score (nSPS) is 10.8. The van der Waals surface area contributed by atoms with Gasteiger partial charge in [0.2, 0.25) is 5.88 Å². The molecule has 36 heavy (non-hydrogen) atoms. The Morgan fingerprint density at radius 1 is 0.806 bits per heavy atom. The second-order valence-corrected chi connectivity index (χ2v) is 8.16. The molecule has 184 valence electrons.